The fraction of sp³-hybridized carbons (Fsp3) is 0.0833. The molecule has 0 aliphatic heterocycles. The molecule has 2 nitrogen and oxygen atoms in total. The minimum absolute atomic E-state index is 0.488. The van der Waals surface area contributed by atoms with Crippen LogP contribution in [0.2, 0.25) is 5.15 Å². The first-order valence-electron chi connectivity index (χ1n) is 4.60. The zero-order valence-electron chi connectivity index (χ0n) is 8.11. The Labute approximate surface area is 93.2 Å². The Morgan fingerprint density at radius 1 is 1.33 bits per heavy atom. The van der Waals surface area contributed by atoms with Crippen molar-refractivity contribution in [1.82, 2.24) is 4.98 Å². The highest BCUT2D eigenvalue weighted by Crippen LogP contribution is 2.25. The lowest BCUT2D eigenvalue weighted by Gasteiger charge is -2.06. The summed E-state index contributed by atoms with van der Waals surface area (Å²) in [5.74, 6) is 0.802. The molecule has 2 rings (SSSR count). The third-order valence-electron chi connectivity index (χ3n) is 2.01. The van der Waals surface area contributed by atoms with Gasteiger partial charge in [-0.15, -0.1) is 0 Å². The minimum Gasteiger partial charge on any atom is -0.489 e. The zero-order chi connectivity index (χ0) is 10.7. The standard InChI is InChI=1S/C12H10ClNO/c1-2-8-15-11-5-3-4-10-9(11)6-7-12(13)14-10/h2-7H,1,8H2. The molecule has 0 saturated carbocycles. The average molecular weight is 220 g/mol. The van der Waals surface area contributed by atoms with Crippen LogP contribution in [0.3, 0.4) is 0 Å². The van der Waals surface area contributed by atoms with Crippen molar-refractivity contribution in [3.8, 4) is 5.75 Å². The summed E-state index contributed by atoms with van der Waals surface area (Å²) < 4.78 is 5.51. The summed E-state index contributed by atoms with van der Waals surface area (Å²) in [4.78, 5) is 4.20. The van der Waals surface area contributed by atoms with Gasteiger partial charge in [-0.3, -0.25) is 0 Å². The molecule has 15 heavy (non-hydrogen) atoms. The quantitative estimate of drug-likeness (QED) is 0.583. The number of hydrogen-bond donors (Lipinski definition) is 0. The summed E-state index contributed by atoms with van der Waals surface area (Å²) in [7, 11) is 0. The van der Waals surface area contributed by atoms with Crippen molar-refractivity contribution in [1.29, 1.82) is 0 Å². The molecular formula is C12H10ClNO. The Morgan fingerprint density at radius 3 is 3.00 bits per heavy atom. The van der Waals surface area contributed by atoms with Gasteiger partial charge in [-0.05, 0) is 24.3 Å². The number of hydrogen-bond acceptors (Lipinski definition) is 2. The van der Waals surface area contributed by atoms with Gasteiger partial charge in [0.25, 0.3) is 0 Å². The van der Waals surface area contributed by atoms with Gasteiger partial charge >= 0.3 is 0 Å². The second-order valence-electron chi connectivity index (χ2n) is 3.06. The van der Waals surface area contributed by atoms with Crippen LogP contribution < -0.4 is 4.74 Å². The molecule has 3 heteroatoms. The number of benzene rings is 1. The van der Waals surface area contributed by atoms with E-state index in [-0.39, 0.29) is 0 Å². The molecule has 1 aromatic heterocycles. The highest BCUT2D eigenvalue weighted by molar-refractivity contribution is 6.29. The molecule has 0 fully saturated rings. The molecule has 0 aliphatic rings. The summed E-state index contributed by atoms with van der Waals surface area (Å²) in [6.45, 7) is 4.10. The smallest absolute Gasteiger partial charge is 0.129 e. The molecular weight excluding hydrogens is 210 g/mol. The first kappa shape index (κ1) is 9.99. The monoisotopic (exact) mass is 219 g/mol. The summed E-state index contributed by atoms with van der Waals surface area (Å²) >= 11 is 5.81. The van der Waals surface area contributed by atoms with Crippen LogP contribution in [0.4, 0.5) is 0 Å². The first-order chi connectivity index (χ1) is 7.31. The Hall–Kier alpha value is -1.54. The molecule has 0 spiro atoms. The molecule has 1 heterocycles. The van der Waals surface area contributed by atoms with Crippen molar-refractivity contribution in [2.45, 2.75) is 0 Å². The summed E-state index contributed by atoms with van der Waals surface area (Å²) in [6, 6.07) is 9.36. The highest BCUT2D eigenvalue weighted by Gasteiger charge is 2.02. The second kappa shape index (κ2) is 4.32. The molecule has 0 unspecified atom stereocenters. The maximum Gasteiger partial charge on any atom is 0.129 e. The Bertz CT molecular complexity index is 496. The van der Waals surface area contributed by atoms with Gasteiger partial charge in [0.2, 0.25) is 0 Å². The fourth-order valence-corrected chi connectivity index (χ4v) is 1.53. The number of nitrogens with zero attached hydrogens (tertiary/aromatic N) is 1. The van der Waals surface area contributed by atoms with E-state index < -0.39 is 0 Å². The number of fused-ring (bicyclic) bond motifs is 1. The topological polar surface area (TPSA) is 22.1 Å². The molecule has 76 valence electrons. The molecule has 0 radical (unpaired) electrons. The molecule has 0 aliphatic carbocycles. The molecule has 2 aromatic rings. The van der Waals surface area contributed by atoms with Crippen LogP contribution in [0.5, 0.6) is 5.75 Å². The number of pyridine rings is 1. The van der Waals surface area contributed by atoms with E-state index in [0.29, 0.717) is 11.8 Å². The lowest BCUT2D eigenvalue weighted by Crippen LogP contribution is -1.93. The molecule has 0 N–H and O–H groups in total. The van der Waals surface area contributed by atoms with Gasteiger partial charge in [0, 0.05) is 5.39 Å². The fourth-order valence-electron chi connectivity index (χ4n) is 1.38. The maximum atomic E-state index is 5.81. The minimum atomic E-state index is 0.488. The van der Waals surface area contributed by atoms with Gasteiger partial charge in [0.15, 0.2) is 0 Å². The Morgan fingerprint density at radius 2 is 2.20 bits per heavy atom. The third-order valence-corrected chi connectivity index (χ3v) is 2.23. The largest absolute Gasteiger partial charge is 0.489 e. The molecule has 0 amide bonds. The van der Waals surface area contributed by atoms with Gasteiger partial charge in [0.05, 0.1) is 5.52 Å². The normalized spacial score (nSPS) is 10.2. The zero-order valence-corrected chi connectivity index (χ0v) is 8.87. The van der Waals surface area contributed by atoms with Crippen LogP contribution in [-0.4, -0.2) is 11.6 Å². The lowest BCUT2D eigenvalue weighted by atomic mass is 10.2. The van der Waals surface area contributed by atoms with Crippen molar-refractivity contribution in [3.05, 3.63) is 48.1 Å². The van der Waals surface area contributed by atoms with Gasteiger partial charge in [-0.2, -0.15) is 0 Å². The average Bonchev–Trinajstić information content (AvgIpc) is 2.25. The van der Waals surface area contributed by atoms with E-state index in [1.165, 1.54) is 0 Å². The maximum absolute atomic E-state index is 5.81. The van der Waals surface area contributed by atoms with E-state index in [4.69, 9.17) is 16.3 Å². The van der Waals surface area contributed by atoms with Crippen LogP contribution in [0, 0.1) is 0 Å². The van der Waals surface area contributed by atoms with E-state index >= 15 is 0 Å². The van der Waals surface area contributed by atoms with Crippen molar-refractivity contribution >= 4 is 22.5 Å². The summed E-state index contributed by atoms with van der Waals surface area (Å²) in [5, 5.41) is 1.45. The predicted octanol–water partition coefficient (Wildman–Crippen LogP) is 3.45. The van der Waals surface area contributed by atoms with E-state index in [0.717, 1.165) is 16.7 Å². The molecule has 0 bridgehead atoms. The molecule has 0 atom stereocenters. The van der Waals surface area contributed by atoms with Crippen molar-refractivity contribution in [2.24, 2.45) is 0 Å². The van der Waals surface area contributed by atoms with Crippen molar-refractivity contribution in [3.63, 3.8) is 0 Å². The predicted molar refractivity (Wildman–Crippen MR) is 62.4 cm³/mol. The molecule has 0 saturated heterocycles. The van der Waals surface area contributed by atoms with Crippen LogP contribution in [-0.2, 0) is 0 Å². The van der Waals surface area contributed by atoms with E-state index in [2.05, 4.69) is 11.6 Å². The Kier molecular flexibility index (Phi) is 2.88. The number of aromatic nitrogens is 1. The number of rotatable bonds is 3. The summed E-state index contributed by atoms with van der Waals surface area (Å²) in [6.07, 6.45) is 1.71. The third kappa shape index (κ3) is 2.10. The van der Waals surface area contributed by atoms with Crippen LogP contribution in [0.1, 0.15) is 0 Å². The van der Waals surface area contributed by atoms with Gasteiger partial charge in [-0.25, -0.2) is 4.98 Å². The number of halogens is 1. The van der Waals surface area contributed by atoms with Gasteiger partial charge in [0.1, 0.15) is 17.5 Å². The second-order valence-corrected chi connectivity index (χ2v) is 3.44. The Balaban J connectivity index is 2.50. The molecule has 1 aromatic carbocycles. The van der Waals surface area contributed by atoms with Gasteiger partial charge < -0.3 is 4.74 Å². The van der Waals surface area contributed by atoms with Crippen molar-refractivity contribution in [2.75, 3.05) is 6.61 Å². The highest BCUT2D eigenvalue weighted by atomic mass is 35.5. The van der Waals surface area contributed by atoms with E-state index in [9.17, 15) is 0 Å². The van der Waals surface area contributed by atoms with Crippen LogP contribution in [0.15, 0.2) is 43.0 Å². The first-order valence-corrected chi connectivity index (χ1v) is 4.98. The summed E-state index contributed by atoms with van der Waals surface area (Å²) in [5.41, 5.74) is 0.837. The van der Waals surface area contributed by atoms with Crippen LogP contribution >= 0.6 is 11.6 Å². The van der Waals surface area contributed by atoms with Crippen molar-refractivity contribution < 1.29 is 4.74 Å². The van der Waals surface area contributed by atoms with E-state index in [1.54, 1.807) is 12.1 Å². The van der Waals surface area contributed by atoms with E-state index in [1.807, 2.05) is 24.3 Å². The number of ether oxygens (including phenoxy) is 1. The lowest BCUT2D eigenvalue weighted by molar-refractivity contribution is 0.367. The SMILES string of the molecule is C=CCOc1cccc2nc(Cl)ccc12. The van der Waals surface area contributed by atoms with Crippen LogP contribution in [0.25, 0.3) is 10.9 Å². The van der Waals surface area contributed by atoms with Gasteiger partial charge in [-0.1, -0.05) is 30.3 Å².